The van der Waals surface area contributed by atoms with Crippen LogP contribution in [0, 0.1) is 5.82 Å². The van der Waals surface area contributed by atoms with E-state index in [4.69, 9.17) is 9.47 Å². The Morgan fingerprint density at radius 3 is 2.11 bits per heavy atom. The summed E-state index contributed by atoms with van der Waals surface area (Å²) in [7, 11) is 1.13. The number of rotatable bonds is 9. The van der Waals surface area contributed by atoms with E-state index in [0.29, 0.717) is 0 Å². The Bertz CT molecular complexity index is 1060. The molecule has 0 spiro atoms. The summed E-state index contributed by atoms with van der Waals surface area (Å²) in [5.41, 5.74) is -1.34. The van der Waals surface area contributed by atoms with Crippen LogP contribution < -0.4 is 10.1 Å². The highest BCUT2D eigenvalue weighted by atomic mass is 19.4. The molecule has 11 heteroatoms. The van der Waals surface area contributed by atoms with Gasteiger partial charge in [0.2, 0.25) is 6.10 Å². The zero-order chi connectivity index (χ0) is 27.1. The SMILES string of the molecule is COC(=O)[C@H](CCC(=O)c1ccc(OC(c2ccccc2F)C(F)(F)F)cc1)NC(=O)OC(C)(C)C. The van der Waals surface area contributed by atoms with Crippen molar-refractivity contribution in [3.63, 3.8) is 0 Å². The van der Waals surface area contributed by atoms with Gasteiger partial charge in [0.05, 0.1) is 7.11 Å². The molecular weight excluding hydrogens is 486 g/mol. The van der Waals surface area contributed by atoms with Crippen molar-refractivity contribution in [1.29, 1.82) is 0 Å². The number of ketones is 1. The topological polar surface area (TPSA) is 90.9 Å². The van der Waals surface area contributed by atoms with Crippen LogP contribution in [0.3, 0.4) is 0 Å². The maximum atomic E-state index is 13.9. The average molecular weight is 513 g/mol. The van der Waals surface area contributed by atoms with Gasteiger partial charge >= 0.3 is 18.2 Å². The van der Waals surface area contributed by atoms with E-state index in [1.807, 2.05) is 0 Å². The van der Waals surface area contributed by atoms with Crippen molar-refractivity contribution in [2.45, 2.75) is 57.5 Å². The molecule has 2 aromatic carbocycles. The first-order chi connectivity index (χ1) is 16.7. The quantitative estimate of drug-likeness (QED) is 0.269. The third-order valence-electron chi connectivity index (χ3n) is 4.75. The van der Waals surface area contributed by atoms with Crippen molar-refractivity contribution in [3.8, 4) is 5.75 Å². The van der Waals surface area contributed by atoms with E-state index in [2.05, 4.69) is 10.1 Å². The van der Waals surface area contributed by atoms with Crippen LogP contribution in [-0.4, -0.2) is 42.8 Å². The summed E-state index contributed by atoms with van der Waals surface area (Å²) in [5, 5.41) is 2.35. The minimum Gasteiger partial charge on any atom is -0.476 e. The maximum Gasteiger partial charge on any atom is 0.429 e. The van der Waals surface area contributed by atoms with Crippen molar-refractivity contribution < 1.29 is 46.2 Å². The third-order valence-corrected chi connectivity index (χ3v) is 4.75. The van der Waals surface area contributed by atoms with Crippen LogP contribution in [0.2, 0.25) is 0 Å². The summed E-state index contributed by atoms with van der Waals surface area (Å²) in [5.74, 6) is -2.51. The van der Waals surface area contributed by atoms with E-state index in [-0.39, 0.29) is 24.2 Å². The smallest absolute Gasteiger partial charge is 0.429 e. The monoisotopic (exact) mass is 513 g/mol. The fourth-order valence-corrected chi connectivity index (χ4v) is 3.11. The molecule has 0 fully saturated rings. The normalized spacial score (nSPS) is 13.3. The highest BCUT2D eigenvalue weighted by Gasteiger charge is 2.44. The molecule has 2 rings (SSSR count). The first-order valence-electron chi connectivity index (χ1n) is 10.9. The molecule has 1 amide bonds. The lowest BCUT2D eigenvalue weighted by atomic mass is 10.0. The molecule has 0 aliphatic rings. The zero-order valence-electron chi connectivity index (χ0n) is 20.1. The van der Waals surface area contributed by atoms with Gasteiger partial charge in [-0.25, -0.2) is 14.0 Å². The molecule has 1 N–H and O–H groups in total. The van der Waals surface area contributed by atoms with Gasteiger partial charge in [0.25, 0.3) is 0 Å². The zero-order valence-corrected chi connectivity index (χ0v) is 20.1. The number of ether oxygens (including phenoxy) is 3. The molecule has 0 saturated carbocycles. The van der Waals surface area contributed by atoms with Crippen molar-refractivity contribution in [1.82, 2.24) is 5.32 Å². The fourth-order valence-electron chi connectivity index (χ4n) is 3.11. The number of hydrogen-bond donors (Lipinski definition) is 1. The van der Waals surface area contributed by atoms with Crippen LogP contribution in [0.1, 0.15) is 55.6 Å². The van der Waals surface area contributed by atoms with Gasteiger partial charge in [-0.15, -0.1) is 0 Å². The Morgan fingerprint density at radius 1 is 0.972 bits per heavy atom. The second kappa shape index (κ2) is 11.9. The molecule has 2 aromatic rings. The molecule has 36 heavy (non-hydrogen) atoms. The van der Waals surface area contributed by atoms with E-state index >= 15 is 0 Å². The number of hydrogen-bond acceptors (Lipinski definition) is 6. The lowest BCUT2D eigenvalue weighted by Crippen LogP contribution is -2.44. The predicted molar refractivity (Wildman–Crippen MR) is 121 cm³/mol. The highest BCUT2D eigenvalue weighted by molar-refractivity contribution is 5.96. The molecule has 196 valence electrons. The number of methoxy groups -OCH3 is 1. The predicted octanol–water partition coefficient (Wildman–Crippen LogP) is 5.54. The van der Waals surface area contributed by atoms with E-state index < -0.39 is 53.1 Å². The molecule has 0 aromatic heterocycles. The van der Waals surface area contributed by atoms with Gasteiger partial charge in [0, 0.05) is 17.5 Å². The molecule has 0 radical (unpaired) electrons. The van der Waals surface area contributed by atoms with Gasteiger partial charge < -0.3 is 19.5 Å². The average Bonchev–Trinajstić information content (AvgIpc) is 2.78. The van der Waals surface area contributed by atoms with Crippen LogP contribution in [-0.2, 0) is 14.3 Å². The van der Waals surface area contributed by atoms with Crippen LogP contribution in [0.5, 0.6) is 5.75 Å². The summed E-state index contributed by atoms with van der Waals surface area (Å²) in [6, 6.07) is 8.08. The number of alkyl carbamates (subject to hydrolysis) is 1. The molecule has 7 nitrogen and oxygen atoms in total. The number of benzene rings is 2. The summed E-state index contributed by atoms with van der Waals surface area (Å²) in [6.45, 7) is 4.93. The number of Topliss-reactive ketones (excluding diaryl/α,β-unsaturated/α-hetero) is 1. The van der Waals surface area contributed by atoms with Crippen molar-refractivity contribution in [3.05, 3.63) is 65.5 Å². The number of esters is 1. The molecule has 0 bridgehead atoms. The standard InChI is InChI=1S/C25H27F4NO6/c1-24(2,3)36-23(33)30-19(22(32)34-4)13-14-20(31)15-9-11-16(12-10-15)35-21(25(27,28)29)17-7-5-6-8-18(17)26/h5-12,19,21H,13-14H2,1-4H3,(H,30,33)/t19-,21?/m0/s1. The first kappa shape index (κ1) is 28.6. The Labute approximate surface area is 205 Å². The highest BCUT2D eigenvalue weighted by Crippen LogP contribution is 2.37. The van der Waals surface area contributed by atoms with Crippen molar-refractivity contribution in [2.24, 2.45) is 0 Å². The van der Waals surface area contributed by atoms with Gasteiger partial charge in [-0.1, -0.05) is 18.2 Å². The van der Waals surface area contributed by atoms with Gasteiger partial charge in [0.1, 0.15) is 23.2 Å². The Hall–Kier alpha value is -3.63. The minimum absolute atomic E-state index is 0.105. The largest absolute Gasteiger partial charge is 0.476 e. The summed E-state index contributed by atoms with van der Waals surface area (Å²) in [6.07, 6.45) is -8.58. The molecular formula is C25H27F4NO6. The summed E-state index contributed by atoms with van der Waals surface area (Å²) >= 11 is 0. The second-order valence-electron chi connectivity index (χ2n) is 8.77. The van der Waals surface area contributed by atoms with Crippen LogP contribution in [0.4, 0.5) is 22.4 Å². The maximum absolute atomic E-state index is 13.9. The Kier molecular flexibility index (Phi) is 9.43. The van der Waals surface area contributed by atoms with Crippen LogP contribution in [0.25, 0.3) is 0 Å². The number of alkyl halides is 3. The van der Waals surface area contributed by atoms with E-state index in [1.54, 1.807) is 20.8 Å². The van der Waals surface area contributed by atoms with Crippen LogP contribution in [0.15, 0.2) is 48.5 Å². The number of amides is 1. The van der Waals surface area contributed by atoms with Crippen LogP contribution >= 0.6 is 0 Å². The molecule has 0 saturated heterocycles. The lowest BCUT2D eigenvalue weighted by molar-refractivity contribution is -0.198. The van der Waals surface area contributed by atoms with Gasteiger partial charge in [-0.3, -0.25) is 4.79 Å². The lowest BCUT2D eigenvalue weighted by Gasteiger charge is -2.23. The summed E-state index contributed by atoms with van der Waals surface area (Å²) < 4.78 is 69.2. The number of carbonyl (C=O) groups excluding carboxylic acids is 3. The molecule has 0 heterocycles. The molecule has 2 atom stereocenters. The molecule has 0 aliphatic carbocycles. The Morgan fingerprint density at radius 2 is 1.58 bits per heavy atom. The molecule has 0 aliphatic heterocycles. The van der Waals surface area contributed by atoms with E-state index in [9.17, 15) is 31.9 Å². The summed E-state index contributed by atoms with van der Waals surface area (Å²) in [4.78, 5) is 36.5. The van der Waals surface area contributed by atoms with E-state index in [0.717, 1.165) is 31.4 Å². The van der Waals surface area contributed by atoms with Gasteiger partial charge in [0.15, 0.2) is 5.78 Å². The van der Waals surface area contributed by atoms with Gasteiger partial charge in [-0.05, 0) is 57.5 Å². The minimum atomic E-state index is -4.89. The van der Waals surface area contributed by atoms with Crippen molar-refractivity contribution in [2.75, 3.05) is 7.11 Å². The third kappa shape index (κ3) is 8.54. The fraction of sp³-hybridized carbons (Fsp3) is 0.400. The molecule has 1 unspecified atom stereocenters. The van der Waals surface area contributed by atoms with Gasteiger partial charge in [-0.2, -0.15) is 13.2 Å². The first-order valence-corrected chi connectivity index (χ1v) is 10.9. The Balaban J connectivity index is 2.07. The number of halogens is 4. The van der Waals surface area contributed by atoms with E-state index in [1.165, 1.54) is 24.3 Å². The second-order valence-corrected chi connectivity index (χ2v) is 8.77. The number of carbonyl (C=O) groups is 3. The number of nitrogens with one attached hydrogen (secondary N) is 1. The van der Waals surface area contributed by atoms with Crippen molar-refractivity contribution >= 4 is 17.8 Å².